The van der Waals surface area contributed by atoms with E-state index in [1.165, 1.54) is 17.0 Å². The number of nitrogens with zero attached hydrogens (tertiary/aromatic N) is 3. The number of likely N-dealkylation sites (tertiary alicyclic amines) is 1. The number of halogens is 3. The number of nitrogens with one attached hydrogen (secondary N) is 2. The van der Waals surface area contributed by atoms with Crippen molar-refractivity contribution in [2.45, 2.75) is 45.7 Å². The van der Waals surface area contributed by atoms with Crippen molar-refractivity contribution in [3.05, 3.63) is 51.0 Å². The molecule has 0 saturated carbocycles. The maximum Gasteiger partial charge on any atom is 0.191 e. The van der Waals surface area contributed by atoms with Gasteiger partial charge < -0.3 is 10.6 Å². The van der Waals surface area contributed by atoms with Gasteiger partial charge in [-0.3, -0.25) is 9.89 Å². The van der Waals surface area contributed by atoms with E-state index in [1.807, 2.05) is 6.92 Å². The molecule has 2 N–H and O–H groups in total. The first kappa shape index (κ1) is 24.9. The molecule has 9 heteroatoms. The molecule has 1 fully saturated rings. The van der Waals surface area contributed by atoms with Gasteiger partial charge >= 0.3 is 0 Å². The maximum absolute atomic E-state index is 13.4. The zero-order chi connectivity index (χ0) is 20.8. The summed E-state index contributed by atoms with van der Waals surface area (Å²) in [5.41, 5.74) is 1.92. The molecule has 1 aromatic heterocycles. The Morgan fingerprint density at radius 3 is 2.57 bits per heavy atom. The van der Waals surface area contributed by atoms with E-state index in [1.54, 1.807) is 24.5 Å². The van der Waals surface area contributed by atoms with E-state index in [2.05, 4.69) is 32.4 Å². The molecule has 30 heavy (non-hydrogen) atoms. The van der Waals surface area contributed by atoms with Gasteiger partial charge in [0.15, 0.2) is 17.6 Å². The van der Waals surface area contributed by atoms with Crippen molar-refractivity contribution in [3.8, 4) is 0 Å². The third-order valence-electron chi connectivity index (χ3n) is 5.19. The number of aliphatic imine (C=N–C) groups is 1. The number of hydrogen-bond acceptors (Lipinski definition) is 4. The minimum Gasteiger partial charge on any atom is -0.356 e. The highest BCUT2D eigenvalue weighted by molar-refractivity contribution is 14.0. The Hall–Kier alpha value is -1.33. The molecular weight excluding hydrogens is 519 g/mol. The molecule has 2 heterocycles. The zero-order valence-electron chi connectivity index (χ0n) is 17.7. The lowest BCUT2D eigenvalue weighted by Gasteiger charge is -2.33. The first-order valence-corrected chi connectivity index (χ1v) is 10.8. The van der Waals surface area contributed by atoms with Crippen molar-refractivity contribution < 1.29 is 8.78 Å². The predicted octanol–water partition coefficient (Wildman–Crippen LogP) is 4.03. The smallest absolute Gasteiger partial charge is 0.191 e. The maximum atomic E-state index is 13.4. The van der Waals surface area contributed by atoms with Crippen LogP contribution in [0.1, 0.15) is 34.0 Å². The molecule has 1 aliphatic heterocycles. The van der Waals surface area contributed by atoms with Gasteiger partial charge in [0.25, 0.3) is 0 Å². The monoisotopic (exact) mass is 549 g/mol. The minimum absolute atomic E-state index is 0. The highest BCUT2D eigenvalue weighted by atomic mass is 127. The summed E-state index contributed by atoms with van der Waals surface area (Å²) in [6.07, 6.45) is 2.90. The van der Waals surface area contributed by atoms with Crippen LogP contribution in [0.15, 0.2) is 23.2 Å². The molecular formula is C21H30F2IN5S. The first-order valence-electron chi connectivity index (χ1n) is 10.0. The van der Waals surface area contributed by atoms with E-state index in [-0.39, 0.29) is 24.0 Å². The summed E-state index contributed by atoms with van der Waals surface area (Å²) in [5, 5.41) is 8.00. The Labute approximate surface area is 198 Å². The lowest BCUT2D eigenvalue weighted by Crippen LogP contribution is -2.48. The number of rotatable bonds is 6. The number of aryl methyl sites for hydroxylation is 2. The molecule has 0 atom stereocenters. The number of benzene rings is 1. The van der Waals surface area contributed by atoms with Crippen LogP contribution >= 0.6 is 35.3 Å². The van der Waals surface area contributed by atoms with Crippen LogP contribution in [-0.2, 0) is 13.0 Å². The second-order valence-electron chi connectivity index (χ2n) is 7.43. The van der Waals surface area contributed by atoms with Gasteiger partial charge in [-0.2, -0.15) is 0 Å². The number of thiazole rings is 1. The van der Waals surface area contributed by atoms with E-state index < -0.39 is 11.6 Å². The summed E-state index contributed by atoms with van der Waals surface area (Å²) in [6, 6.07) is 4.50. The van der Waals surface area contributed by atoms with Crippen LogP contribution in [0.2, 0.25) is 0 Å². The number of hydrogen-bond donors (Lipinski definition) is 2. The summed E-state index contributed by atoms with van der Waals surface area (Å²) in [6.45, 7) is 7.37. The normalized spacial score (nSPS) is 15.7. The van der Waals surface area contributed by atoms with E-state index in [0.29, 0.717) is 12.6 Å². The SMILES string of the molecule is CN=C(NCCc1sc(C)nc1C)NC1CCN(Cc2ccc(F)c(F)c2)CC1.I. The van der Waals surface area contributed by atoms with E-state index in [9.17, 15) is 8.78 Å². The molecule has 3 rings (SSSR count). The van der Waals surface area contributed by atoms with Crippen LogP contribution in [0, 0.1) is 25.5 Å². The quantitative estimate of drug-likeness (QED) is 0.325. The fourth-order valence-corrected chi connectivity index (χ4v) is 4.56. The van der Waals surface area contributed by atoms with Gasteiger partial charge in [-0.1, -0.05) is 6.07 Å². The molecule has 0 spiro atoms. The van der Waals surface area contributed by atoms with Crippen molar-refractivity contribution in [3.63, 3.8) is 0 Å². The largest absolute Gasteiger partial charge is 0.356 e. The second kappa shape index (κ2) is 11.9. The third kappa shape index (κ3) is 7.12. The highest BCUT2D eigenvalue weighted by Gasteiger charge is 2.20. The predicted molar refractivity (Wildman–Crippen MR) is 130 cm³/mol. The van der Waals surface area contributed by atoms with Crippen LogP contribution in [0.5, 0.6) is 0 Å². The number of guanidine groups is 1. The molecule has 5 nitrogen and oxygen atoms in total. The molecule has 166 valence electrons. The summed E-state index contributed by atoms with van der Waals surface area (Å²) < 4.78 is 26.5. The van der Waals surface area contributed by atoms with Crippen molar-refractivity contribution in [1.82, 2.24) is 20.5 Å². The second-order valence-corrected chi connectivity index (χ2v) is 8.72. The fraction of sp³-hybridized carbons (Fsp3) is 0.524. The Morgan fingerprint density at radius 2 is 1.97 bits per heavy atom. The summed E-state index contributed by atoms with van der Waals surface area (Å²) in [5.74, 6) is -0.753. The summed E-state index contributed by atoms with van der Waals surface area (Å²) in [7, 11) is 1.79. The van der Waals surface area contributed by atoms with Gasteiger partial charge in [0.05, 0.1) is 10.7 Å². The molecule has 2 aromatic rings. The minimum atomic E-state index is -0.795. The van der Waals surface area contributed by atoms with E-state index in [4.69, 9.17) is 0 Å². The molecule has 0 amide bonds. The van der Waals surface area contributed by atoms with Crippen LogP contribution < -0.4 is 10.6 Å². The molecule has 0 radical (unpaired) electrons. The lowest BCUT2D eigenvalue weighted by molar-refractivity contribution is 0.198. The molecule has 1 saturated heterocycles. The first-order chi connectivity index (χ1) is 13.9. The van der Waals surface area contributed by atoms with Gasteiger partial charge in [0.1, 0.15) is 0 Å². The lowest BCUT2D eigenvalue weighted by atomic mass is 10.0. The fourth-order valence-electron chi connectivity index (χ4n) is 3.62. The zero-order valence-corrected chi connectivity index (χ0v) is 20.8. The molecule has 1 aliphatic rings. The molecule has 0 unspecified atom stereocenters. The highest BCUT2D eigenvalue weighted by Crippen LogP contribution is 2.17. The Morgan fingerprint density at radius 1 is 1.23 bits per heavy atom. The third-order valence-corrected chi connectivity index (χ3v) is 6.32. The van der Waals surface area contributed by atoms with Gasteiger partial charge in [0.2, 0.25) is 0 Å². The van der Waals surface area contributed by atoms with Gasteiger partial charge in [-0.15, -0.1) is 35.3 Å². The average Bonchev–Trinajstić information content (AvgIpc) is 3.02. The van der Waals surface area contributed by atoms with Crippen LogP contribution in [-0.4, -0.2) is 48.6 Å². The van der Waals surface area contributed by atoms with Gasteiger partial charge in [-0.25, -0.2) is 13.8 Å². The number of aromatic nitrogens is 1. The molecule has 0 aliphatic carbocycles. The van der Waals surface area contributed by atoms with Gasteiger partial charge in [-0.05, 0) is 44.4 Å². The van der Waals surface area contributed by atoms with Crippen molar-refractivity contribution in [1.29, 1.82) is 0 Å². The number of piperidine rings is 1. The van der Waals surface area contributed by atoms with Crippen LogP contribution in [0.4, 0.5) is 8.78 Å². The Balaban J connectivity index is 0.00000320. The van der Waals surface area contributed by atoms with Crippen LogP contribution in [0.3, 0.4) is 0 Å². The Bertz CT molecular complexity index is 850. The van der Waals surface area contributed by atoms with Crippen molar-refractivity contribution >= 4 is 41.3 Å². The van der Waals surface area contributed by atoms with Gasteiger partial charge in [0, 0.05) is 50.6 Å². The van der Waals surface area contributed by atoms with Crippen LogP contribution in [0.25, 0.3) is 0 Å². The Kier molecular flexibility index (Phi) is 9.89. The standard InChI is InChI=1S/C21H29F2N5S.HI/c1-14-20(29-15(2)26-14)6-9-25-21(24-3)27-17-7-10-28(11-8-17)13-16-4-5-18(22)19(23)12-16;/h4-5,12,17H,6-11,13H2,1-3H3,(H2,24,25,27);1H. The van der Waals surface area contributed by atoms with Crippen molar-refractivity contribution in [2.24, 2.45) is 4.99 Å². The molecule has 1 aromatic carbocycles. The summed E-state index contributed by atoms with van der Waals surface area (Å²) >= 11 is 1.75. The summed E-state index contributed by atoms with van der Waals surface area (Å²) in [4.78, 5) is 12.4. The molecule has 0 bridgehead atoms. The van der Waals surface area contributed by atoms with E-state index >= 15 is 0 Å². The van der Waals surface area contributed by atoms with E-state index in [0.717, 1.165) is 61.1 Å². The topological polar surface area (TPSA) is 52.6 Å². The van der Waals surface area contributed by atoms with Crippen molar-refractivity contribution in [2.75, 3.05) is 26.7 Å². The average molecular weight is 549 g/mol.